The first-order chi connectivity index (χ1) is 6.69. The summed E-state index contributed by atoms with van der Waals surface area (Å²) >= 11 is 0. The molecule has 0 unspecified atom stereocenters. The van der Waals surface area contributed by atoms with E-state index in [1.54, 1.807) is 0 Å². The first kappa shape index (κ1) is 17.0. The largest absolute Gasteiger partial charge is 0.328 e. The van der Waals surface area contributed by atoms with Crippen molar-refractivity contribution in [3.63, 3.8) is 0 Å². The van der Waals surface area contributed by atoms with Crippen molar-refractivity contribution in [2.24, 2.45) is 5.73 Å². The Hall–Kier alpha value is -0.460. The second kappa shape index (κ2) is 8.82. The van der Waals surface area contributed by atoms with Crippen LogP contribution in [0, 0.1) is 0 Å². The van der Waals surface area contributed by atoms with Gasteiger partial charge in [0.1, 0.15) is 0 Å². The van der Waals surface area contributed by atoms with Gasteiger partial charge in [0, 0.05) is 6.54 Å². The maximum absolute atomic E-state index is 10.2. The van der Waals surface area contributed by atoms with Gasteiger partial charge in [-0.1, -0.05) is 13.8 Å². The second-order valence-corrected chi connectivity index (χ2v) is 5.03. The number of hydrogen-bond acceptors (Lipinski definition) is 4. The number of amides is 1. The lowest BCUT2D eigenvalue weighted by Crippen LogP contribution is -2.18. The van der Waals surface area contributed by atoms with Crippen molar-refractivity contribution in [2.45, 2.75) is 26.3 Å². The summed E-state index contributed by atoms with van der Waals surface area (Å²) in [5, 5.41) is 8.81. The Morgan fingerprint density at radius 2 is 1.87 bits per heavy atom. The Morgan fingerprint density at radius 3 is 2.13 bits per heavy atom. The smallest absolute Gasteiger partial charge is 0.325 e. The third-order valence-electron chi connectivity index (χ3n) is 0.958. The fraction of sp³-hybridized carbons (Fsp3) is 0.857. The molecule has 0 aliphatic rings. The highest BCUT2D eigenvalue weighted by atomic mass is 31.2. The van der Waals surface area contributed by atoms with Crippen LogP contribution in [0.4, 0.5) is 0 Å². The molecular weight excluding hydrogens is 223 g/mol. The second-order valence-electron chi connectivity index (χ2n) is 3.25. The van der Waals surface area contributed by atoms with Gasteiger partial charge in [-0.05, 0) is 12.5 Å². The summed E-state index contributed by atoms with van der Waals surface area (Å²) in [4.78, 5) is 26.4. The minimum Gasteiger partial charge on any atom is -0.328 e. The number of rotatable bonds is 5. The maximum Gasteiger partial charge on any atom is 0.325 e. The van der Waals surface area contributed by atoms with Crippen molar-refractivity contribution < 1.29 is 24.4 Å². The van der Waals surface area contributed by atoms with Gasteiger partial charge in [-0.2, -0.15) is 0 Å². The molecule has 1 amide bonds. The first-order valence-corrected chi connectivity index (χ1v) is 6.19. The van der Waals surface area contributed by atoms with Crippen molar-refractivity contribution in [1.82, 2.24) is 5.06 Å². The van der Waals surface area contributed by atoms with Crippen molar-refractivity contribution in [3.05, 3.63) is 0 Å². The normalized spacial score (nSPS) is 10.6. The molecule has 0 fully saturated rings. The molecule has 0 aliphatic carbocycles. The summed E-state index contributed by atoms with van der Waals surface area (Å²) in [5.74, 6) is 0. The number of nitrogens with two attached hydrogens (primary N) is 1. The molecule has 8 heteroatoms. The molecule has 0 aliphatic heterocycles. The lowest BCUT2D eigenvalue weighted by Gasteiger charge is -2.07. The summed E-state index contributed by atoms with van der Waals surface area (Å²) < 4.78 is 10.2. The van der Waals surface area contributed by atoms with Crippen LogP contribution >= 0.6 is 7.60 Å². The lowest BCUT2D eigenvalue weighted by atomic mass is 10.5. The number of carbonyl (C=O) groups is 1. The van der Waals surface area contributed by atoms with Gasteiger partial charge in [-0.25, -0.2) is 5.06 Å². The van der Waals surface area contributed by atoms with E-state index in [2.05, 4.69) is 0 Å². The first-order valence-electron chi connectivity index (χ1n) is 4.40. The van der Waals surface area contributed by atoms with E-state index >= 15 is 0 Å². The van der Waals surface area contributed by atoms with Crippen molar-refractivity contribution >= 4 is 14.0 Å². The zero-order chi connectivity index (χ0) is 12.5. The summed E-state index contributed by atoms with van der Waals surface area (Å²) in [6, 6.07) is 0.333. The van der Waals surface area contributed by atoms with Crippen molar-refractivity contribution in [2.75, 3.05) is 12.7 Å². The van der Waals surface area contributed by atoms with Gasteiger partial charge in [-0.15, -0.1) is 0 Å². The molecule has 0 heterocycles. The summed E-state index contributed by atoms with van der Waals surface area (Å²) in [6.07, 6.45) is -0.0584. The fourth-order valence-electron chi connectivity index (χ4n) is 0.491. The average molecular weight is 242 g/mol. The molecule has 0 rings (SSSR count). The van der Waals surface area contributed by atoms with Crippen molar-refractivity contribution in [3.8, 4) is 0 Å². The zero-order valence-corrected chi connectivity index (χ0v) is 9.80. The predicted octanol–water partition coefficient (Wildman–Crippen LogP) is -0.245. The third-order valence-corrected chi connectivity index (χ3v) is 1.86. The van der Waals surface area contributed by atoms with Crippen LogP contribution in [0.25, 0.3) is 0 Å². The highest BCUT2D eigenvalue weighted by Crippen LogP contribution is 2.34. The van der Waals surface area contributed by atoms with Gasteiger partial charge < -0.3 is 15.5 Å². The van der Waals surface area contributed by atoms with Crippen LogP contribution in [0.1, 0.15) is 20.3 Å². The van der Waals surface area contributed by atoms with E-state index in [1.807, 2.05) is 13.8 Å². The average Bonchev–Trinajstić information content (AvgIpc) is 2.00. The lowest BCUT2D eigenvalue weighted by molar-refractivity contribution is -0.149. The van der Waals surface area contributed by atoms with Crippen LogP contribution in [0.3, 0.4) is 0 Å². The summed E-state index contributed by atoms with van der Waals surface area (Å²) in [7, 11) is -3.99. The monoisotopic (exact) mass is 242 g/mol. The van der Waals surface area contributed by atoms with Gasteiger partial charge in [0.2, 0.25) is 6.41 Å². The molecule has 0 aromatic rings. The molecule has 0 aromatic carbocycles. The number of carbonyl (C=O) groups excluding carboxylic acids is 1. The summed E-state index contributed by atoms with van der Waals surface area (Å²) in [6.45, 7) is 3.83. The molecule has 92 valence electrons. The molecule has 0 atom stereocenters. The minimum absolute atomic E-state index is 0.0609. The Morgan fingerprint density at radius 1 is 1.47 bits per heavy atom. The highest BCUT2D eigenvalue weighted by Gasteiger charge is 2.12. The van der Waals surface area contributed by atoms with Crippen LogP contribution < -0.4 is 5.73 Å². The van der Waals surface area contributed by atoms with Gasteiger partial charge in [-0.3, -0.25) is 14.6 Å². The number of nitrogens with zero attached hydrogens (tertiary/aromatic N) is 1. The van der Waals surface area contributed by atoms with Crippen molar-refractivity contribution in [1.29, 1.82) is 0 Å². The fourth-order valence-corrected chi connectivity index (χ4v) is 1.04. The molecule has 0 spiro atoms. The van der Waals surface area contributed by atoms with Gasteiger partial charge in [0.05, 0.1) is 6.16 Å². The van der Waals surface area contributed by atoms with Crippen LogP contribution in [-0.2, 0) is 9.36 Å². The Kier molecular flexibility index (Phi) is 9.96. The molecule has 0 saturated heterocycles. The molecule has 0 bridgehead atoms. The quantitative estimate of drug-likeness (QED) is 0.228. The maximum atomic E-state index is 10.2. The van der Waals surface area contributed by atoms with Crippen LogP contribution in [0.2, 0.25) is 0 Å². The molecule has 0 saturated carbocycles. The minimum atomic E-state index is -3.99. The van der Waals surface area contributed by atoms with E-state index in [0.29, 0.717) is 11.1 Å². The molecule has 15 heavy (non-hydrogen) atoms. The molecular formula is C7H19N2O5P. The summed E-state index contributed by atoms with van der Waals surface area (Å²) in [5.41, 5.74) is 5.11. The van der Waals surface area contributed by atoms with Crippen LogP contribution in [0.5, 0.6) is 0 Å². The van der Waals surface area contributed by atoms with E-state index in [0.717, 1.165) is 0 Å². The van der Waals surface area contributed by atoms with Gasteiger partial charge >= 0.3 is 7.60 Å². The molecule has 5 N–H and O–H groups in total. The molecule has 0 aromatic heterocycles. The third kappa shape index (κ3) is 24.7. The van der Waals surface area contributed by atoms with E-state index in [4.69, 9.17) is 20.7 Å². The Labute approximate surface area is 89.0 Å². The van der Waals surface area contributed by atoms with Crippen LogP contribution in [0.15, 0.2) is 0 Å². The Bertz CT molecular complexity index is 203. The topological polar surface area (TPSA) is 124 Å². The number of hydroxylamine groups is 2. The predicted molar refractivity (Wildman–Crippen MR) is 55.4 cm³/mol. The molecule has 0 radical (unpaired) electrons. The van der Waals surface area contributed by atoms with E-state index < -0.39 is 7.60 Å². The van der Waals surface area contributed by atoms with E-state index in [-0.39, 0.29) is 25.5 Å². The Balaban J connectivity index is 0. The number of hydrogen-bond donors (Lipinski definition) is 4. The van der Waals surface area contributed by atoms with E-state index in [9.17, 15) is 9.36 Å². The van der Waals surface area contributed by atoms with Crippen LogP contribution in [-0.4, -0.2) is 45.2 Å². The molecule has 7 nitrogen and oxygen atoms in total. The zero-order valence-electron chi connectivity index (χ0n) is 8.91. The standard InChI is InChI=1S/C4H10NO5P.C3H9N/c6-4-5(7)2-1-3-11(8,9)10;1-3(2)4/h4,7H,1-3H2,(H2,8,9,10);3H,4H2,1-2H3. The van der Waals surface area contributed by atoms with E-state index in [1.165, 1.54) is 0 Å². The van der Waals surface area contributed by atoms with Gasteiger partial charge in [0.25, 0.3) is 0 Å². The SMILES string of the molecule is CC(C)N.O=CN(O)CCCP(=O)(O)O. The van der Waals surface area contributed by atoms with Gasteiger partial charge in [0.15, 0.2) is 0 Å². The highest BCUT2D eigenvalue weighted by molar-refractivity contribution is 7.51.